The number of fused-ring (bicyclic) bond motifs is 1. The van der Waals surface area contributed by atoms with Crippen LogP contribution in [0.3, 0.4) is 0 Å². The summed E-state index contributed by atoms with van der Waals surface area (Å²) in [4.78, 5) is 13.2. The van der Waals surface area contributed by atoms with Gasteiger partial charge in [-0.25, -0.2) is 8.42 Å². The number of nitrogens with one attached hydrogen (secondary N) is 1. The van der Waals surface area contributed by atoms with Gasteiger partial charge in [0.15, 0.2) is 6.10 Å². The fourth-order valence-electron chi connectivity index (χ4n) is 3.74. The smallest absolute Gasteiger partial charge is 0.267 e. The molecule has 0 saturated carbocycles. The van der Waals surface area contributed by atoms with Crippen molar-refractivity contribution in [2.45, 2.75) is 44.6 Å². The van der Waals surface area contributed by atoms with Gasteiger partial charge in [-0.05, 0) is 67.3 Å². The van der Waals surface area contributed by atoms with Crippen LogP contribution < -0.4 is 14.4 Å². The van der Waals surface area contributed by atoms with Crippen LogP contribution in [0.15, 0.2) is 71.6 Å². The molecule has 0 fully saturated rings. The molecular formula is C26H28N2O4S. The number of anilines is 2. The van der Waals surface area contributed by atoms with Gasteiger partial charge in [0, 0.05) is 5.69 Å². The minimum Gasteiger partial charge on any atom is -0.476 e. The van der Waals surface area contributed by atoms with Crippen LogP contribution in [-0.4, -0.2) is 27.0 Å². The summed E-state index contributed by atoms with van der Waals surface area (Å²) in [6.45, 7) is 7.87. The number of carbonyl (C=O) groups excluding carboxylic acids is 1. The Kier molecular flexibility index (Phi) is 6.17. The first kappa shape index (κ1) is 22.9. The molecule has 1 heterocycles. The molecule has 3 aromatic rings. The number of ether oxygens (including phenoxy) is 1. The van der Waals surface area contributed by atoms with Gasteiger partial charge in [-0.15, -0.1) is 0 Å². The molecule has 172 valence electrons. The highest BCUT2D eigenvalue weighted by molar-refractivity contribution is 7.92. The molecule has 1 amide bonds. The zero-order valence-electron chi connectivity index (χ0n) is 19.2. The van der Waals surface area contributed by atoms with E-state index in [0.717, 1.165) is 11.1 Å². The number of benzene rings is 3. The zero-order valence-corrected chi connectivity index (χ0v) is 20.0. The summed E-state index contributed by atoms with van der Waals surface area (Å²) in [5, 5.41) is 2.86. The van der Waals surface area contributed by atoms with Crippen molar-refractivity contribution in [2.24, 2.45) is 0 Å². The molecule has 0 aromatic heterocycles. The minimum atomic E-state index is -3.89. The third kappa shape index (κ3) is 4.73. The van der Waals surface area contributed by atoms with Crippen LogP contribution in [0.25, 0.3) is 0 Å². The monoisotopic (exact) mass is 464 g/mol. The molecule has 1 N–H and O–H groups in total. The second kappa shape index (κ2) is 8.90. The van der Waals surface area contributed by atoms with Crippen LogP contribution in [0.1, 0.15) is 36.5 Å². The molecule has 0 aliphatic carbocycles. The van der Waals surface area contributed by atoms with Crippen molar-refractivity contribution >= 4 is 27.3 Å². The molecule has 0 saturated heterocycles. The average Bonchev–Trinajstić information content (AvgIpc) is 2.78. The highest BCUT2D eigenvalue weighted by Gasteiger charge is 2.37. The van der Waals surface area contributed by atoms with Crippen molar-refractivity contribution in [3.63, 3.8) is 0 Å². The number of carbonyl (C=O) groups is 1. The molecule has 6 nitrogen and oxygen atoms in total. The van der Waals surface area contributed by atoms with E-state index in [0.29, 0.717) is 23.0 Å². The van der Waals surface area contributed by atoms with Gasteiger partial charge in [-0.2, -0.15) is 0 Å². The van der Waals surface area contributed by atoms with Gasteiger partial charge in [0.1, 0.15) is 5.75 Å². The molecule has 33 heavy (non-hydrogen) atoms. The Morgan fingerprint density at radius 1 is 0.970 bits per heavy atom. The third-order valence-corrected chi connectivity index (χ3v) is 7.53. The Balaban J connectivity index is 1.64. The van der Waals surface area contributed by atoms with E-state index < -0.39 is 22.0 Å². The van der Waals surface area contributed by atoms with E-state index in [1.165, 1.54) is 9.87 Å². The largest absolute Gasteiger partial charge is 0.476 e. The quantitative estimate of drug-likeness (QED) is 0.575. The van der Waals surface area contributed by atoms with Gasteiger partial charge in [0.05, 0.1) is 17.1 Å². The minimum absolute atomic E-state index is 0.123. The van der Waals surface area contributed by atoms with Crippen LogP contribution in [0.4, 0.5) is 11.4 Å². The summed E-state index contributed by atoms with van der Waals surface area (Å²) < 4.78 is 34.3. The van der Waals surface area contributed by atoms with Crippen molar-refractivity contribution in [2.75, 3.05) is 16.2 Å². The summed E-state index contributed by atoms with van der Waals surface area (Å²) >= 11 is 0. The Morgan fingerprint density at radius 2 is 1.61 bits per heavy atom. The molecule has 7 heteroatoms. The average molecular weight is 465 g/mol. The lowest BCUT2D eigenvalue weighted by Crippen LogP contribution is -2.48. The van der Waals surface area contributed by atoms with Crippen LogP contribution >= 0.6 is 0 Å². The zero-order chi connectivity index (χ0) is 23.8. The Hall–Kier alpha value is -3.32. The molecule has 3 aromatic carbocycles. The molecule has 4 rings (SSSR count). The van der Waals surface area contributed by atoms with E-state index >= 15 is 0 Å². The number of sulfonamides is 1. The second-order valence-corrected chi connectivity index (χ2v) is 10.6. The van der Waals surface area contributed by atoms with Gasteiger partial charge >= 0.3 is 0 Å². The standard InChI is InChI=1S/C26H28N2O4S/c1-17(2)20-8-10-21(11-9-20)27-26(29)25-16-28(23-14-7-19(4)15-24(23)32-25)33(30,31)22-12-5-18(3)6-13-22/h5-15,17,25H,16H2,1-4H3,(H,27,29)/t25-/m0/s1. The summed E-state index contributed by atoms with van der Waals surface area (Å²) in [5.41, 5.74) is 4.10. The number of rotatable bonds is 5. The lowest BCUT2D eigenvalue weighted by Gasteiger charge is -2.35. The van der Waals surface area contributed by atoms with Gasteiger partial charge in [0.2, 0.25) is 0 Å². The number of amides is 1. The van der Waals surface area contributed by atoms with Gasteiger partial charge in [-0.1, -0.05) is 49.7 Å². The van der Waals surface area contributed by atoms with Crippen molar-refractivity contribution in [1.82, 2.24) is 0 Å². The van der Waals surface area contributed by atoms with Gasteiger partial charge < -0.3 is 10.1 Å². The summed E-state index contributed by atoms with van der Waals surface area (Å²) in [6, 6.07) is 19.6. The number of aryl methyl sites for hydroxylation is 2. The van der Waals surface area contributed by atoms with E-state index in [1.54, 1.807) is 36.4 Å². The predicted octanol–water partition coefficient (Wildman–Crippen LogP) is 5.02. The van der Waals surface area contributed by atoms with Crippen molar-refractivity contribution in [1.29, 1.82) is 0 Å². The van der Waals surface area contributed by atoms with Gasteiger partial charge in [-0.3, -0.25) is 9.10 Å². The number of nitrogens with zero attached hydrogens (tertiary/aromatic N) is 1. The van der Waals surface area contributed by atoms with E-state index in [4.69, 9.17) is 4.74 Å². The molecule has 1 aliphatic rings. The maximum atomic E-state index is 13.5. The normalized spacial score (nSPS) is 15.7. The van der Waals surface area contributed by atoms with Crippen molar-refractivity contribution in [3.8, 4) is 5.75 Å². The topological polar surface area (TPSA) is 75.7 Å². The molecule has 0 spiro atoms. The maximum Gasteiger partial charge on any atom is 0.267 e. The Morgan fingerprint density at radius 3 is 2.24 bits per heavy atom. The molecular weight excluding hydrogens is 436 g/mol. The number of hydrogen-bond donors (Lipinski definition) is 1. The van der Waals surface area contributed by atoms with E-state index in [-0.39, 0.29) is 11.4 Å². The molecule has 0 unspecified atom stereocenters. The fraction of sp³-hybridized carbons (Fsp3) is 0.269. The first-order valence-corrected chi connectivity index (χ1v) is 12.4. The summed E-state index contributed by atoms with van der Waals surface area (Å²) in [5.74, 6) is 0.354. The molecule has 0 bridgehead atoms. The third-order valence-electron chi connectivity index (χ3n) is 5.73. The van der Waals surface area contributed by atoms with Crippen LogP contribution in [0.5, 0.6) is 5.75 Å². The van der Waals surface area contributed by atoms with E-state index in [1.807, 2.05) is 44.2 Å². The van der Waals surface area contributed by atoms with Crippen molar-refractivity contribution < 1.29 is 17.9 Å². The lowest BCUT2D eigenvalue weighted by atomic mass is 10.0. The highest BCUT2D eigenvalue weighted by atomic mass is 32.2. The second-order valence-electron chi connectivity index (χ2n) is 8.69. The lowest BCUT2D eigenvalue weighted by molar-refractivity contribution is -0.122. The van der Waals surface area contributed by atoms with Gasteiger partial charge in [0.25, 0.3) is 15.9 Å². The van der Waals surface area contributed by atoms with E-state index in [2.05, 4.69) is 19.2 Å². The molecule has 1 aliphatic heterocycles. The summed E-state index contributed by atoms with van der Waals surface area (Å²) in [6.07, 6.45) is -0.996. The first-order valence-electron chi connectivity index (χ1n) is 10.9. The van der Waals surface area contributed by atoms with E-state index in [9.17, 15) is 13.2 Å². The molecule has 0 radical (unpaired) electrons. The summed E-state index contributed by atoms with van der Waals surface area (Å²) in [7, 11) is -3.89. The maximum absolute atomic E-state index is 13.5. The Labute approximate surface area is 195 Å². The predicted molar refractivity (Wildman–Crippen MR) is 130 cm³/mol. The number of hydrogen-bond acceptors (Lipinski definition) is 4. The SMILES string of the molecule is Cc1ccc(S(=O)(=O)N2C[C@@H](C(=O)Nc3ccc(C(C)C)cc3)Oc3cc(C)ccc32)cc1. The van der Waals surface area contributed by atoms with Crippen LogP contribution in [-0.2, 0) is 14.8 Å². The first-order chi connectivity index (χ1) is 15.6. The molecule has 1 atom stereocenters. The van der Waals surface area contributed by atoms with Crippen molar-refractivity contribution in [3.05, 3.63) is 83.4 Å². The Bertz CT molecular complexity index is 1270. The van der Waals surface area contributed by atoms with Crippen LogP contribution in [0, 0.1) is 13.8 Å². The highest BCUT2D eigenvalue weighted by Crippen LogP contribution is 2.38. The van der Waals surface area contributed by atoms with Crippen LogP contribution in [0.2, 0.25) is 0 Å². The fourth-order valence-corrected chi connectivity index (χ4v) is 5.21.